The Morgan fingerprint density at radius 3 is 2.29 bits per heavy atom. The lowest BCUT2D eigenvalue weighted by Gasteiger charge is -2.19. The van der Waals surface area contributed by atoms with E-state index >= 15 is 0 Å². The summed E-state index contributed by atoms with van der Waals surface area (Å²) >= 11 is 0. The van der Waals surface area contributed by atoms with Crippen molar-refractivity contribution in [3.63, 3.8) is 0 Å². The number of carbonyl (C=O) groups excluding carboxylic acids is 1. The lowest BCUT2D eigenvalue weighted by molar-refractivity contribution is -0.114. The number of nitrogens with zero attached hydrogens (tertiary/aromatic N) is 3. The molecule has 0 saturated carbocycles. The normalized spacial score (nSPS) is 11.9. The zero-order valence-corrected chi connectivity index (χ0v) is 22.1. The molecular formula is C28H28N4O5S. The third-order valence-corrected chi connectivity index (χ3v) is 8.10. The molecule has 0 aliphatic heterocycles. The van der Waals surface area contributed by atoms with Gasteiger partial charge in [0.05, 0.1) is 21.8 Å². The predicted octanol–water partition coefficient (Wildman–Crippen LogP) is 4.44. The topological polar surface area (TPSA) is 121 Å². The Bertz CT molecular complexity index is 1690. The summed E-state index contributed by atoms with van der Waals surface area (Å²) < 4.78 is 28.6. The van der Waals surface area contributed by atoms with Crippen molar-refractivity contribution in [1.82, 2.24) is 8.87 Å². The average molecular weight is 533 g/mol. The number of benzene rings is 3. The van der Waals surface area contributed by atoms with E-state index in [-0.39, 0.29) is 22.4 Å². The van der Waals surface area contributed by atoms with E-state index in [9.17, 15) is 23.1 Å². The number of aliphatic imine (C=N–C) groups is 1. The van der Waals surface area contributed by atoms with Crippen LogP contribution >= 0.6 is 0 Å². The van der Waals surface area contributed by atoms with E-state index < -0.39 is 15.6 Å². The second-order valence-electron chi connectivity index (χ2n) is 8.50. The number of aromatic hydroxyl groups is 1. The number of pyridine rings is 1. The van der Waals surface area contributed by atoms with Gasteiger partial charge in [-0.2, -0.15) is 4.31 Å². The van der Waals surface area contributed by atoms with Crippen molar-refractivity contribution in [2.24, 2.45) is 4.99 Å². The Kier molecular flexibility index (Phi) is 7.75. The Labute approximate surface area is 220 Å². The summed E-state index contributed by atoms with van der Waals surface area (Å²) in [6.45, 7) is 5.53. The Balaban J connectivity index is 1.86. The summed E-state index contributed by atoms with van der Waals surface area (Å²) in [7, 11) is -3.78. The molecule has 1 aromatic heterocycles. The van der Waals surface area contributed by atoms with E-state index in [4.69, 9.17) is 0 Å². The van der Waals surface area contributed by atoms with Crippen molar-refractivity contribution < 1.29 is 18.3 Å². The smallest absolute Gasteiger partial charge is 0.265 e. The van der Waals surface area contributed by atoms with Crippen LogP contribution in [0.25, 0.3) is 16.5 Å². The minimum atomic E-state index is -3.78. The first-order valence-corrected chi connectivity index (χ1v) is 13.5. The molecule has 0 radical (unpaired) electrons. The highest BCUT2D eigenvalue weighted by Crippen LogP contribution is 2.28. The fourth-order valence-corrected chi connectivity index (χ4v) is 5.70. The Morgan fingerprint density at radius 2 is 1.66 bits per heavy atom. The number of nitrogens with one attached hydrogen (secondary N) is 1. The number of sulfonamides is 1. The van der Waals surface area contributed by atoms with E-state index in [0.29, 0.717) is 40.8 Å². The molecule has 0 atom stereocenters. The van der Waals surface area contributed by atoms with Crippen LogP contribution in [0.2, 0.25) is 0 Å². The van der Waals surface area contributed by atoms with Gasteiger partial charge in [-0.15, -0.1) is 0 Å². The lowest BCUT2D eigenvalue weighted by atomic mass is 10.1. The second-order valence-corrected chi connectivity index (χ2v) is 10.4. The summed E-state index contributed by atoms with van der Waals surface area (Å²) in [5, 5.41) is 14.8. The van der Waals surface area contributed by atoms with Gasteiger partial charge in [-0.25, -0.2) is 13.0 Å². The van der Waals surface area contributed by atoms with E-state index in [0.717, 1.165) is 4.57 Å². The molecule has 3 aromatic carbocycles. The SMILES string of the molecule is CCN(CC)S(=O)(=O)c1cccc(-n2c(O)c(C=Nc3ccc(NC(C)=O)cc3)c3ccccc3c2=O)c1. The summed E-state index contributed by atoms with van der Waals surface area (Å²) in [6.07, 6.45) is 1.46. The van der Waals surface area contributed by atoms with Gasteiger partial charge in [0.25, 0.3) is 5.56 Å². The number of hydrogen-bond donors (Lipinski definition) is 2. The van der Waals surface area contributed by atoms with Gasteiger partial charge in [0.2, 0.25) is 21.8 Å². The zero-order valence-electron chi connectivity index (χ0n) is 21.2. The molecule has 1 amide bonds. The van der Waals surface area contributed by atoms with Gasteiger partial charge in [-0.05, 0) is 48.5 Å². The monoisotopic (exact) mass is 532 g/mol. The highest BCUT2D eigenvalue weighted by molar-refractivity contribution is 7.89. The number of anilines is 1. The van der Waals surface area contributed by atoms with Crippen LogP contribution < -0.4 is 10.9 Å². The van der Waals surface area contributed by atoms with Crippen molar-refractivity contribution in [2.45, 2.75) is 25.7 Å². The van der Waals surface area contributed by atoms with Gasteiger partial charge >= 0.3 is 0 Å². The number of hydrogen-bond acceptors (Lipinski definition) is 6. The first-order chi connectivity index (χ1) is 18.2. The molecule has 38 heavy (non-hydrogen) atoms. The number of carbonyl (C=O) groups is 1. The maximum Gasteiger partial charge on any atom is 0.265 e. The van der Waals surface area contributed by atoms with Crippen molar-refractivity contribution in [3.05, 3.63) is 88.7 Å². The van der Waals surface area contributed by atoms with E-state index in [1.807, 2.05) is 0 Å². The van der Waals surface area contributed by atoms with Crippen LogP contribution in [0.5, 0.6) is 5.88 Å². The van der Waals surface area contributed by atoms with E-state index in [1.165, 1.54) is 35.6 Å². The fourth-order valence-electron chi connectivity index (χ4n) is 4.20. The lowest BCUT2D eigenvalue weighted by Crippen LogP contribution is -2.30. The molecular weight excluding hydrogens is 504 g/mol. The number of aromatic nitrogens is 1. The molecule has 9 nitrogen and oxygen atoms in total. The van der Waals surface area contributed by atoms with Crippen LogP contribution in [0.4, 0.5) is 11.4 Å². The maximum absolute atomic E-state index is 13.5. The van der Waals surface area contributed by atoms with Crippen LogP contribution in [0, 0.1) is 0 Å². The first-order valence-electron chi connectivity index (χ1n) is 12.1. The van der Waals surface area contributed by atoms with Crippen LogP contribution in [0.15, 0.2) is 87.5 Å². The Morgan fingerprint density at radius 1 is 1.00 bits per heavy atom. The minimum Gasteiger partial charge on any atom is -0.494 e. The molecule has 4 rings (SSSR count). The van der Waals surface area contributed by atoms with Crippen molar-refractivity contribution in [3.8, 4) is 11.6 Å². The molecule has 0 fully saturated rings. The number of fused-ring (bicyclic) bond motifs is 1. The summed E-state index contributed by atoms with van der Waals surface area (Å²) in [5.74, 6) is -0.557. The largest absolute Gasteiger partial charge is 0.494 e. The molecule has 0 spiro atoms. The molecule has 4 aromatic rings. The van der Waals surface area contributed by atoms with Gasteiger partial charge in [-0.1, -0.05) is 38.1 Å². The number of rotatable bonds is 8. The van der Waals surface area contributed by atoms with Crippen LogP contribution in [0.3, 0.4) is 0 Å². The van der Waals surface area contributed by atoms with Crippen LogP contribution in [-0.4, -0.2) is 47.6 Å². The highest BCUT2D eigenvalue weighted by Gasteiger charge is 2.23. The predicted molar refractivity (Wildman–Crippen MR) is 149 cm³/mol. The molecule has 0 saturated heterocycles. The van der Waals surface area contributed by atoms with Crippen molar-refractivity contribution in [1.29, 1.82) is 0 Å². The number of amides is 1. The first kappa shape index (κ1) is 26.8. The molecule has 10 heteroatoms. The third-order valence-electron chi connectivity index (χ3n) is 6.05. The second kappa shape index (κ2) is 11.0. The molecule has 1 heterocycles. The minimum absolute atomic E-state index is 0.0210. The van der Waals surface area contributed by atoms with E-state index in [2.05, 4.69) is 10.3 Å². The molecule has 0 aliphatic carbocycles. The summed E-state index contributed by atoms with van der Waals surface area (Å²) in [6, 6.07) is 19.6. The molecule has 0 bridgehead atoms. The summed E-state index contributed by atoms with van der Waals surface area (Å²) in [5.41, 5.74) is 1.20. The molecule has 0 unspecified atom stereocenters. The third kappa shape index (κ3) is 5.22. The van der Waals surface area contributed by atoms with Crippen LogP contribution in [0.1, 0.15) is 26.3 Å². The highest BCUT2D eigenvalue weighted by atomic mass is 32.2. The van der Waals surface area contributed by atoms with Gasteiger partial charge in [0.15, 0.2) is 0 Å². The van der Waals surface area contributed by atoms with Gasteiger partial charge in [-0.3, -0.25) is 14.6 Å². The van der Waals surface area contributed by atoms with E-state index in [1.54, 1.807) is 68.4 Å². The van der Waals surface area contributed by atoms with Crippen LogP contribution in [-0.2, 0) is 14.8 Å². The summed E-state index contributed by atoms with van der Waals surface area (Å²) in [4.78, 5) is 29.2. The maximum atomic E-state index is 13.5. The zero-order chi connectivity index (χ0) is 27.4. The molecule has 196 valence electrons. The molecule has 2 N–H and O–H groups in total. The van der Waals surface area contributed by atoms with Crippen molar-refractivity contribution >= 4 is 44.3 Å². The Hall–Kier alpha value is -4.28. The fraction of sp³-hybridized carbons (Fsp3) is 0.179. The van der Waals surface area contributed by atoms with Gasteiger partial charge < -0.3 is 10.4 Å². The standard InChI is InChI=1S/C28H28N4O5S/c1-4-31(5-2)38(36,37)23-10-8-9-22(17-23)32-27(34)25-12-7-6-11-24(25)26(28(32)35)18-29-20-13-15-21(16-14-20)30-19(3)33/h6-18,35H,4-5H2,1-3H3,(H,30,33). The quantitative estimate of drug-likeness (QED) is 0.325. The average Bonchev–Trinajstić information content (AvgIpc) is 2.90. The van der Waals surface area contributed by atoms with Crippen molar-refractivity contribution in [2.75, 3.05) is 18.4 Å². The molecule has 0 aliphatic rings. The van der Waals surface area contributed by atoms with Gasteiger partial charge in [0, 0.05) is 42.7 Å². The van der Waals surface area contributed by atoms with Gasteiger partial charge in [0.1, 0.15) is 0 Å².